The van der Waals surface area contributed by atoms with Gasteiger partial charge in [-0.3, -0.25) is 4.90 Å². The van der Waals surface area contributed by atoms with Crippen molar-refractivity contribution in [2.24, 2.45) is 0 Å². The number of morpholine rings is 1. The molecular formula is C17H30N6O. The van der Waals surface area contributed by atoms with Crippen LogP contribution in [0.2, 0.25) is 0 Å². The number of hydrogen-bond donors (Lipinski definition) is 1. The Morgan fingerprint density at radius 2 is 1.96 bits per heavy atom. The Kier molecular flexibility index (Phi) is 4.83. The molecule has 1 aliphatic heterocycles. The van der Waals surface area contributed by atoms with Gasteiger partial charge in [-0.25, -0.2) is 4.68 Å². The molecule has 7 nitrogen and oxygen atoms in total. The zero-order chi connectivity index (χ0) is 16.4. The summed E-state index contributed by atoms with van der Waals surface area (Å²) in [6, 6.07) is 0.725. The van der Waals surface area contributed by atoms with E-state index in [1.54, 1.807) is 0 Å². The second-order valence-electron chi connectivity index (χ2n) is 7.70. The number of aromatic nitrogens is 4. The van der Waals surface area contributed by atoms with Gasteiger partial charge in [-0.05, 0) is 43.0 Å². The zero-order valence-electron chi connectivity index (χ0n) is 14.8. The monoisotopic (exact) mass is 334 g/mol. The van der Waals surface area contributed by atoms with Crippen LogP contribution in [0.25, 0.3) is 0 Å². The topological polar surface area (TPSA) is 68.1 Å². The summed E-state index contributed by atoms with van der Waals surface area (Å²) in [6.07, 6.45) is 9.06. The van der Waals surface area contributed by atoms with E-state index in [-0.39, 0.29) is 11.6 Å². The molecule has 1 N–H and O–H groups in total. The lowest BCUT2D eigenvalue weighted by molar-refractivity contribution is -0.0377. The number of nitrogens with one attached hydrogen (secondary N) is 1. The lowest BCUT2D eigenvalue weighted by Crippen LogP contribution is -2.59. The number of nitrogens with zero attached hydrogens (tertiary/aromatic N) is 5. The van der Waals surface area contributed by atoms with Crippen LogP contribution in [0, 0.1) is 0 Å². The largest absolute Gasteiger partial charge is 0.379 e. The molecule has 7 heteroatoms. The van der Waals surface area contributed by atoms with Gasteiger partial charge in [-0.2, -0.15) is 0 Å². The van der Waals surface area contributed by atoms with E-state index in [1.807, 2.05) is 4.68 Å². The first-order valence-electron chi connectivity index (χ1n) is 9.62. The minimum Gasteiger partial charge on any atom is -0.379 e. The Balaban J connectivity index is 1.43. The fourth-order valence-electron chi connectivity index (χ4n) is 4.35. The van der Waals surface area contributed by atoms with Crippen LogP contribution in [0.1, 0.15) is 69.8 Å². The van der Waals surface area contributed by atoms with Gasteiger partial charge in [0.05, 0.1) is 25.3 Å². The van der Waals surface area contributed by atoms with E-state index >= 15 is 0 Å². The van der Waals surface area contributed by atoms with Crippen LogP contribution >= 0.6 is 0 Å². The van der Waals surface area contributed by atoms with E-state index in [9.17, 15) is 0 Å². The van der Waals surface area contributed by atoms with Crippen LogP contribution in [0.15, 0.2) is 0 Å². The third-order valence-electron chi connectivity index (χ3n) is 6.00. The van der Waals surface area contributed by atoms with Crippen molar-refractivity contribution in [1.82, 2.24) is 30.4 Å². The van der Waals surface area contributed by atoms with Crippen LogP contribution < -0.4 is 5.32 Å². The average Bonchev–Trinajstić information content (AvgIpc) is 3.38. The minimum atomic E-state index is 0.195. The Morgan fingerprint density at radius 1 is 1.21 bits per heavy atom. The first kappa shape index (κ1) is 16.4. The van der Waals surface area contributed by atoms with E-state index in [0.717, 1.165) is 38.7 Å². The number of tetrazole rings is 1. The second-order valence-corrected chi connectivity index (χ2v) is 7.70. The molecule has 0 aromatic carbocycles. The first-order chi connectivity index (χ1) is 11.8. The summed E-state index contributed by atoms with van der Waals surface area (Å²) < 4.78 is 7.60. The van der Waals surface area contributed by atoms with Crippen LogP contribution in [-0.4, -0.2) is 63.5 Å². The maximum atomic E-state index is 5.58. The zero-order valence-corrected chi connectivity index (χ0v) is 14.8. The van der Waals surface area contributed by atoms with E-state index in [4.69, 9.17) is 4.74 Å². The maximum Gasteiger partial charge on any atom is 0.168 e. The molecule has 1 atom stereocenters. The lowest BCUT2D eigenvalue weighted by atomic mass is 9.79. The number of hydrogen-bond acceptors (Lipinski definition) is 6. The van der Waals surface area contributed by atoms with Crippen molar-refractivity contribution in [3.8, 4) is 0 Å². The standard InChI is InChI=1S/C17H30N6O/c1-14(16-19-20-21-23(16)15-5-6-15)18-13-17(7-3-2-4-8-17)22-9-11-24-12-10-22/h14-15,18H,2-13H2,1H3. The van der Waals surface area contributed by atoms with Gasteiger partial charge in [0.2, 0.25) is 0 Å². The first-order valence-corrected chi connectivity index (χ1v) is 9.62. The molecule has 0 bridgehead atoms. The molecule has 4 rings (SSSR count). The van der Waals surface area contributed by atoms with Gasteiger partial charge in [0.1, 0.15) is 0 Å². The molecule has 0 radical (unpaired) electrons. The quantitative estimate of drug-likeness (QED) is 0.854. The molecule has 1 saturated heterocycles. The van der Waals surface area contributed by atoms with Crippen molar-refractivity contribution in [2.45, 2.75) is 69.5 Å². The second kappa shape index (κ2) is 7.06. The molecule has 3 aliphatic rings. The summed E-state index contributed by atoms with van der Waals surface area (Å²) in [6.45, 7) is 7.09. The van der Waals surface area contributed by atoms with Crippen molar-refractivity contribution >= 4 is 0 Å². The van der Waals surface area contributed by atoms with Crippen LogP contribution in [-0.2, 0) is 4.74 Å². The predicted molar refractivity (Wildman–Crippen MR) is 90.7 cm³/mol. The van der Waals surface area contributed by atoms with E-state index < -0.39 is 0 Å². The highest BCUT2D eigenvalue weighted by atomic mass is 16.5. The molecule has 24 heavy (non-hydrogen) atoms. The predicted octanol–water partition coefficient (Wildman–Crippen LogP) is 1.69. The van der Waals surface area contributed by atoms with Gasteiger partial charge >= 0.3 is 0 Å². The lowest BCUT2D eigenvalue weighted by Gasteiger charge is -2.48. The highest BCUT2D eigenvalue weighted by molar-refractivity contribution is 5.00. The molecule has 3 fully saturated rings. The Morgan fingerprint density at radius 3 is 2.67 bits per heavy atom. The van der Waals surface area contributed by atoms with Crippen LogP contribution in [0.5, 0.6) is 0 Å². The molecule has 1 unspecified atom stereocenters. The molecule has 1 aromatic heterocycles. The molecule has 2 heterocycles. The summed E-state index contributed by atoms with van der Waals surface area (Å²) in [4.78, 5) is 2.68. The summed E-state index contributed by atoms with van der Waals surface area (Å²) in [7, 11) is 0. The molecule has 134 valence electrons. The molecule has 0 amide bonds. The smallest absolute Gasteiger partial charge is 0.168 e. The summed E-state index contributed by atoms with van der Waals surface area (Å²) >= 11 is 0. The van der Waals surface area contributed by atoms with Crippen molar-refractivity contribution in [2.75, 3.05) is 32.8 Å². The Hall–Kier alpha value is -1.05. The SMILES string of the molecule is CC(NCC1(N2CCOCC2)CCCCC1)c1nnnn1C1CC1. The van der Waals surface area contributed by atoms with Crippen LogP contribution in [0.4, 0.5) is 0 Å². The minimum absolute atomic E-state index is 0.195. The van der Waals surface area contributed by atoms with Crippen molar-refractivity contribution in [3.63, 3.8) is 0 Å². The van der Waals surface area contributed by atoms with Gasteiger partial charge in [0, 0.05) is 25.2 Å². The third-order valence-corrected chi connectivity index (χ3v) is 6.00. The maximum absolute atomic E-state index is 5.58. The third kappa shape index (κ3) is 3.34. The van der Waals surface area contributed by atoms with Gasteiger partial charge in [-0.1, -0.05) is 19.3 Å². The number of ether oxygens (including phenoxy) is 1. The van der Waals surface area contributed by atoms with E-state index in [2.05, 4.69) is 32.7 Å². The summed E-state index contributed by atoms with van der Waals surface area (Å²) in [5.74, 6) is 0.991. The van der Waals surface area contributed by atoms with E-state index in [0.29, 0.717) is 6.04 Å². The van der Waals surface area contributed by atoms with Gasteiger partial charge in [0.25, 0.3) is 0 Å². The van der Waals surface area contributed by atoms with Crippen molar-refractivity contribution < 1.29 is 4.74 Å². The molecule has 2 aliphatic carbocycles. The van der Waals surface area contributed by atoms with E-state index in [1.165, 1.54) is 44.9 Å². The van der Waals surface area contributed by atoms with Gasteiger partial charge in [-0.15, -0.1) is 5.10 Å². The summed E-state index contributed by atoms with van der Waals surface area (Å²) in [5.41, 5.74) is 0.286. The Bertz CT molecular complexity index is 531. The van der Waals surface area contributed by atoms with Gasteiger partial charge in [0.15, 0.2) is 5.82 Å². The Labute approximate surface area is 144 Å². The molecule has 2 saturated carbocycles. The normalized spacial score (nSPS) is 26.4. The summed E-state index contributed by atoms with van der Waals surface area (Å²) in [5, 5.41) is 16.1. The number of rotatable bonds is 6. The fraction of sp³-hybridized carbons (Fsp3) is 0.941. The van der Waals surface area contributed by atoms with Crippen molar-refractivity contribution in [1.29, 1.82) is 0 Å². The fourth-order valence-corrected chi connectivity index (χ4v) is 4.35. The molecule has 1 aromatic rings. The highest BCUT2D eigenvalue weighted by Gasteiger charge is 2.39. The van der Waals surface area contributed by atoms with Gasteiger partial charge < -0.3 is 10.1 Å². The average molecular weight is 334 g/mol. The van der Waals surface area contributed by atoms with Crippen molar-refractivity contribution in [3.05, 3.63) is 5.82 Å². The molecular weight excluding hydrogens is 304 g/mol. The highest BCUT2D eigenvalue weighted by Crippen LogP contribution is 2.36. The van der Waals surface area contributed by atoms with Crippen LogP contribution in [0.3, 0.4) is 0 Å². The molecule has 0 spiro atoms.